The van der Waals surface area contributed by atoms with Crippen LogP contribution in [0.1, 0.15) is 11.4 Å². The number of halogens is 4. The van der Waals surface area contributed by atoms with E-state index >= 15 is 0 Å². The number of hydrogen-bond acceptors (Lipinski definition) is 4. The number of hydrogen-bond donors (Lipinski definition) is 1. The summed E-state index contributed by atoms with van der Waals surface area (Å²) in [6.45, 7) is 0. The highest BCUT2D eigenvalue weighted by molar-refractivity contribution is 9.10. The number of rotatable bonds is 3. The van der Waals surface area contributed by atoms with Gasteiger partial charge in [0.05, 0.1) is 5.69 Å². The van der Waals surface area contributed by atoms with Crippen LogP contribution < -0.4 is 5.56 Å². The van der Waals surface area contributed by atoms with Crippen LogP contribution >= 0.6 is 27.7 Å². The fourth-order valence-electron chi connectivity index (χ4n) is 1.88. The van der Waals surface area contributed by atoms with E-state index in [0.29, 0.717) is 17.4 Å². The summed E-state index contributed by atoms with van der Waals surface area (Å²) >= 11 is 4.32. The summed E-state index contributed by atoms with van der Waals surface area (Å²) in [5.74, 6) is 0.281. The number of pyridine rings is 1. The van der Waals surface area contributed by atoms with Crippen LogP contribution in [0.3, 0.4) is 0 Å². The van der Waals surface area contributed by atoms with Crippen molar-refractivity contribution in [1.82, 2.24) is 19.4 Å². The van der Waals surface area contributed by atoms with Crippen molar-refractivity contribution in [2.24, 2.45) is 0 Å². The average molecular weight is 405 g/mol. The van der Waals surface area contributed by atoms with Gasteiger partial charge in [-0.15, -0.1) is 0 Å². The lowest BCUT2D eigenvalue weighted by Gasteiger charge is -2.06. The van der Waals surface area contributed by atoms with Gasteiger partial charge in [-0.05, 0) is 28.1 Å². The van der Waals surface area contributed by atoms with Gasteiger partial charge in [-0.25, -0.2) is 9.97 Å². The van der Waals surface area contributed by atoms with E-state index in [9.17, 15) is 18.0 Å². The molecule has 23 heavy (non-hydrogen) atoms. The van der Waals surface area contributed by atoms with E-state index in [4.69, 9.17) is 0 Å². The minimum absolute atomic E-state index is 0.0944. The topological polar surface area (TPSA) is 63.1 Å². The van der Waals surface area contributed by atoms with Crippen LogP contribution in [0, 0.1) is 0 Å². The summed E-state index contributed by atoms with van der Waals surface area (Å²) in [4.78, 5) is 21.4. The third-order valence-corrected chi connectivity index (χ3v) is 4.21. The third-order valence-electron chi connectivity index (χ3n) is 2.83. The van der Waals surface area contributed by atoms with Gasteiger partial charge in [-0.3, -0.25) is 4.79 Å². The number of H-pyrrole nitrogens is 1. The summed E-state index contributed by atoms with van der Waals surface area (Å²) in [5, 5.41) is -0.0944. The lowest BCUT2D eigenvalue weighted by atomic mass is 10.4. The molecular weight excluding hydrogens is 397 g/mol. The number of aromatic nitrogens is 4. The van der Waals surface area contributed by atoms with Crippen LogP contribution in [0.15, 0.2) is 45.0 Å². The van der Waals surface area contributed by atoms with Crippen LogP contribution in [0.4, 0.5) is 13.2 Å². The van der Waals surface area contributed by atoms with E-state index < -0.39 is 17.4 Å². The summed E-state index contributed by atoms with van der Waals surface area (Å²) in [6.07, 6.45) is -1.07. The predicted molar refractivity (Wildman–Crippen MR) is 82.3 cm³/mol. The Labute approximate surface area is 140 Å². The number of fused-ring (bicyclic) bond motifs is 1. The Bertz CT molecular complexity index is 921. The molecule has 3 aromatic heterocycles. The molecule has 3 aromatic rings. The second kappa shape index (κ2) is 6.00. The molecule has 0 aliphatic carbocycles. The van der Waals surface area contributed by atoms with Gasteiger partial charge in [0.25, 0.3) is 5.56 Å². The molecule has 0 aromatic carbocycles. The normalized spacial score (nSPS) is 12.0. The molecule has 3 heterocycles. The minimum Gasteiger partial charge on any atom is -0.306 e. The molecule has 0 radical (unpaired) electrons. The lowest BCUT2D eigenvalue weighted by molar-refractivity contribution is -0.141. The SMILES string of the molecule is O=c1cc(C(F)(F)F)nc(SCc2cn3cc(Br)ccc3n2)[nH]1. The highest BCUT2D eigenvalue weighted by Gasteiger charge is 2.33. The fourth-order valence-corrected chi connectivity index (χ4v) is 2.99. The van der Waals surface area contributed by atoms with Gasteiger partial charge >= 0.3 is 6.18 Å². The van der Waals surface area contributed by atoms with E-state index in [1.54, 1.807) is 10.6 Å². The highest BCUT2D eigenvalue weighted by Crippen LogP contribution is 2.28. The monoisotopic (exact) mass is 404 g/mol. The first-order chi connectivity index (χ1) is 10.8. The largest absolute Gasteiger partial charge is 0.433 e. The average Bonchev–Trinajstić information content (AvgIpc) is 2.85. The Morgan fingerprint density at radius 2 is 2.04 bits per heavy atom. The standard InChI is InChI=1S/C13H8BrF3N4OS/c14-7-1-2-10-18-8(5-21(10)4-7)6-23-12-19-9(13(15,16)17)3-11(22)20-12/h1-5H,6H2,(H,19,20,22). The Balaban J connectivity index is 1.82. The molecule has 5 nitrogen and oxygen atoms in total. The van der Waals surface area contributed by atoms with Crippen LogP contribution in [0.25, 0.3) is 5.65 Å². The molecule has 0 unspecified atom stereocenters. The molecule has 0 fully saturated rings. The van der Waals surface area contributed by atoms with Gasteiger partial charge in [0.2, 0.25) is 0 Å². The Hall–Kier alpha value is -1.81. The van der Waals surface area contributed by atoms with Crippen molar-refractivity contribution in [1.29, 1.82) is 0 Å². The molecule has 0 amide bonds. The second-order valence-corrected chi connectivity index (χ2v) is 6.45. The zero-order valence-electron chi connectivity index (χ0n) is 11.3. The van der Waals surface area contributed by atoms with Gasteiger partial charge in [-0.1, -0.05) is 11.8 Å². The maximum Gasteiger partial charge on any atom is 0.433 e. The van der Waals surface area contributed by atoms with E-state index in [-0.39, 0.29) is 10.9 Å². The highest BCUT2D eigenvalue weighted by atomic mass is 79.9. The number of alkyl halides is 3. The number of nitrogens with zero attached hydrogens (tertiary/aromatic N) is 3. The molecule has 0 atom stereocenters. The van der Waals surface area contributed by atoms with Crippen molar-refractivity contribution in [3.8, 4) is 0 Å². The van der Waals surface area contributed by atoms with E-state index in [0.717, 1.165) is 16.2 Å². The van der Waals surface area contributed by atoms with Crippen LogP contribution in [0.5, 0.6) is 0 Å². The molecule has 10 heteroatoms. The number of imidazole rings is 1. The summed E-state index contributed by atoms with van der Waals surface area (Å²) in [7, 11) is 0. The Kier molecular flexibility index (Phi) is 4.19. The molecule has 120 valence electrons. The molecular formula is C13H8BrF3N4OS. The quantitative estimate of drug-likeness (QED) is 0.536. The van der Waals surface area contributed by atoms with Crippen LogP contribution in [-0.4, -0.2) is 19.4 Å². The first-order valence-electron chi connectivity index (χ1n) is 6.26. The van der Waals surface area contributed by atoms with Gasteiger partial charge < -0.3 is 9.38 Å². The first-order valence-corrected chi connectivity index (χ1v) is 8.03. The van der Waals surface area contributed by atoms with Crippen molar-refractivity contribution >= 4 is 33.3 Å². The lowest BCUT2D eigenvalue weighted by Crippen LogP contribution is -2.16. The molecule has 0 aliphatic rings. The fraction of sp³-hybridized carbons (Fsp3) is 0.154. The molecule has 1 N–H and O–H groups in total. The smallest absolute Gasteiger partial charge is 0.306 e. The van der Waals surface area contributed by atoms with Crippen molar-refractivity contribution in [2.45, 2.75) is 17.1 Å². The van der Waals surface area contributed by atoms with Crippen LogP contribution in [0.2, 0.25) is 0 Å². The zero-order valence-corrected chi connectivity index (χ0v) is 13.7. The van der Waals surface area contributed by atoms with Gasteiger partial charge in [0, 0.05) is 28.7 Å². The minimum atomic E-state index is -4.65. The maximum atomic E-state index is 12.6. The molecule has 0 saturated carbocycles. The van der Waals surface area contributed by atoms with Gasteiger partial charge in [-0.2, -0.15) is 13.2 Å². The van der Waals surface area contributed by atoms with Gasteiger partial charge in [0.15, 0.2) is 10.9 Å². The van der Waals surface area contributed by atoms with E-state index in [2.05, 4.69) is 30.9 Å². The molecule has 0 saturated heterocycles. The van der Waals surface area contributed by atoms with Crippen molar-refractivity contribution in [2.75, 3.05) is 0 Å². The van der Waals surface area contributed by atoms with E-state index in [1.165, 1.54) is 0 Å². The Morgan fingerprint density at radius 3 is 2.78 bits per heavy atom. The first kappa shape index (κ1) is 16.1. The summed E-state index contributed by atoms with van der Waals surface area (Å²) in [6, 6.07) is 4.08. The van der Waals surface area contributed by atoms with Crippen molar-refractivity contribution in [3.05, 3.63) is 56.8 Å². The zero-order chi connectivity index (χ0) is 16.6. The molecule has 0 aliphatic heterocycles. The van der Waals surface area contributed by atoms with Crippen LogP contribution in [-0.2, 0) is 11.9 Å². The summed E-state index contributed by atoms with van der Waals surface area (Å²) < 4.78 is 40.6. The number of aromatic amines is 1. The predicted octanol–water partition coefficient (Wildman–Crippen LogP) is 3.49. The Morgan fingerprint density at radius 1 is 1.26 bits per heavy atom. The number of nitrogens with one attached hydrogen (secondary N) is 1. The van der Waals surface area contributed by atoms with Crippen molar-refractivity contribution in [3.63, 3.8) is 0 Å². The number of thioether (sulfide) groups is 1. The third kappa shape index (κ3) is 3.75. The molecule has 0 spiro atoms. The second-order valence-electron chi connectivity index (χ2n) is 4.57. The summed E-state index contributed by atoms with van der Waals surface area (Å²) in [5.41, 5.74) is -0.668. The molecule has 3 rings (SSSR count). The molecule has 0 bridgehead atoms. The maximum absolute atomic E-state index is 12.6. The van der Waals surface area contributed by atoms with Gasteiger partial charge in [0.1, 0.15) is 5.65 Å². The van der Waals surface area contributed by atoms with Crippen molar-refractivity contribution < 1.29 is 13.2 Å². The van der Waals surface area contributed by atoms with E-state index in [1.807, 2.05) is 18.3 Å².